The highest BCUT2D eigenvalue weighted by Gasteiger charge is 2.27. The lowest BCUT2D eigenvalue weighted by molar-refractivity contribution is -0.149. The van der Waals surface area contributed by atoms with Crippen LogP contribution in [-0.4, -0.2) is 43.7 Å². The Bertz CT molecular complexity index is 878. The van der Waals surface area contributed by atoms with Gasteiger partial charge in [0.2, 0.25) is 5.91 Å². The Morgan fingerprint density at radius 1 is 1.17 bits per heavy atom. The first-order valence-electron chi connectivity index (χ1n) is 9.27. The fraction of sp³-hybridized carbons (Fsp3) is 0.381. The molecule has 0 radical (unpaired) electrons. The molecule has 0 aromatic heterocycles. The first-order chi connectivity index (χ1) is 13.9. The number of nitrogens with one attached hydrogen (secondary N) is 1. The highest BCUT2D eigenvalue weighted by Crippen LogP contribution is 2.22. The molecule has 1 amide bonds. The van der Waals surface area contributed by atoms with Gasteiger partial charge in [-0.05, 0) is 42.3 Å². The minimum atomic E-state index is -0.940. The van der Waals surface area contributed by atoms with Crippen molar-refractivity contribution in [1.29, 1.82) is 0 Å². The van der Waals surface area contributed by atoms with E-state index in [-0.39, 0.29) is 37.0 Å². The second kappa shape index (κ2) is 9.28. The Hall–Kier alpha value is -2.58. The normalized spacial score (nSPS) is 18.0. The fourth-order valence-electron chi connectivity index (χ4n) is 3.19. The monoisotopic (exact) mass is 408 g/mol. The van der Waals surface area contributed by atoms with E-state index >= 15 is 0 Å². The minimum absolute atomic E-state index is 0.0746. The number of nitrogens with zero attached hydrogens (tertiary/aromatic N) is 1. The van der Waals surface area contributed by atoms with Gasteiger partial charge in [0.25, 0.3) is 0 Å². The molecule has 156 valence electrons. The average Bonchev–Trinajstić information content (AvgIpc) is 2.71. The van der Waals surface area contributed by atoms with Gasteiger partial charge in [0.15, 0.2) is 23.2 Å². The highest BCUT2D eigenvalue weighted by atomic mass is 19.2. The maximum atomic E-state index is 13.6. The first-order valence-corrected chi connectivity index (χ1v) is 9.27. The van der Waals surface area contributed by atoms with Crippen molar-refractivity contribution in [2.24, 2.45) is 0 Å². The van der Waals surface area contributed by atoms with Crippen LogP contribution in [-0.2, 0) is 16.1 Å². The van der Waals surface area contributed by atoms with Crippen molar-refractivity contribution in [2.75, 3.05) is 26.8 Å². The lowest BCUT2D eigenvalue weighted by Crippen LogP contribution is -2.49. The van der Waals surface area contributed by atoms with Crippen molar-refractivity contribution in [3.8, 4) is 5.75 Å². The smallest absolute Gasteiger partial charge is 0.248 e. The molecular formula is C21H23F3N2O3. The Morgan fingerprint density at radius 2 is 1.93 bits per heavy atom. The third-order valence-corrected chi connectivity index (χ3v) is 4.90. The van der Waals surface area contributed by atoms with Crippen molar-refractivity contribution in [3.63, 3.8) is 0 Å². The van der Waals surface area contributed by atoms with Gasteiger partial charge < -0.3 is 19.7 Å². The largest absolute Gasteiger partial charge is 0.494 e. The van der Waals surface area contributed by atoms with Gasteiger partial charge in [-0.2, -0.15) is 0 Å². The van der Waals surface area contributed by atoms with Crippen LogP contribution in [0.3, 0.4) is 0 Å². The molecule has 1 heterocycles. The molecule has 29 heavy (non-hydrogen) atoms. The van der Waals surface area contributed by atoms with Crippen LogP contribution in [0, 0.1) is 17.5 Å². The second-order valence-corrected chi connectivity index (χ2v) is 6.98. The van der Waals surface area contributed by atoms with E-state index < -0.39 is 17.5 Å². The second-order valence-electron chi connectivity index (χ2n) is 6.98. The van der Waals surface area contributed by atoms with E-state index in [1.807, 2.05) is 6.92 Å². The molecule has 2 aromatic rings. The molecule has 1 aliphatic rings. The van der Waals surface area contributed by atoms with E-state index in [1.54, 1.807) is 17.0 Å². The van der Waals surface area contributed by atoms with Gasteiger partial charge in [-0.25, -0.2) is 13.2 Å². The summed E-state index contributed by atoms with van der Waals surface area (Å²) in [7, 11) is 1.41. The van der Waals surface area contributed by atoms with Crippen molar-refractivity contribution in [1.82, 2.24) is 10.2 Å². The molecule has 0 bridgehead atoms. The molecule has 2 atom stereocenters. The van der Waals surface area contributed by atoms with Crippen molar-refractivity contribution in [2.45, 2.75) is 25.6 Å². The molecule has 1 fully saturated rings. The third kappa shape index (κ3) is 5.27. The van der Waals surface area contributed by atoms with Crippen LogP contribution in [0.5, 0.6) is 5.75 Å². The molecule has 1 unspecified atom stereocenters. The molecule has 0 aliphatic carbocycles. The summed E-state index contributed by atoms with van der Waals surface area (Å²) in [5.41, 5.74) is 1.37. The summed E-state index contributed by atoms with van der Waals surface area (Å²) in [6.45, 7) is 2.82. The molecule has 0 saturated carbocycles. The fourth-order valence-corrected chi connectivity index (χ4v) is 3.19. The maximum Gasteiger partial charge on any atom is 0.248 e. The molecule has 3 rings (SSSR count). The zero-order valence-electron chi connectivity index (χ0n) is 16.3. The van der Waals surface area contributed by atoms with Gasteiger partial charge in [0.1, 0.15) is 6.61 Å². The summed E-state index contributed by atoms with van der Waals surface area (Å²) in [5, 5.41) is 3.30. The summed E-state index contributed by atoms with van der Waals surface area (Å²) >= 11 is 0. The van der Waals surface area contributed by atoms with Crippen LogP contribution in [0.4, 0.5) is 13.2 Å². The van der Waals surface area contributed by atoms with Gasteiger partial charge in [0, 0.05) is 25.7 Å². The topological polar surface area (TPSA) is 50.8 Å². The van der Waals surface area contributed by atoms with Crippen molar-refractivity contribution >= 4 is 5.91 Å². The van der Waals surface area contributed by atoms with E-state index in [0.29, 0.717) is 18.7 Å². The Morgan fingerprint density at radius 3 is 2.66 bits per heavy atom. The highest BCUT2D eigenvalue weighted by molar-refractivity contribution is 5.78. The van der Waals surface area contributed by atoms with Gasteiger partial charge in [0.05, 0.1) is 13.2 Å². The lowest BCUT2D eigenvalue weighted by Gasteiger charge is -2.33. The van der Waals surface area contributed by atoms with E-state index in [9.17, 15) is 18.0 Å². The first kappa shape index (κ1) is 21.1. The summed E-state index contributed by atoms with van der Waals surface area (Å²) in [6, 6.07) is 8.17. The molecule has 5 nitrogen and oxygen atoms in total. The van der Waals surface area contributed by atoms with Crippen LogP contribution in [0.1, 0.15) is 24.1 Å². The average molecular weight is 408 g/mol. The molecule has 1 N–H and O–H groups in total. The van der Waals surface area contributed by atoms with Gasteiger partial charge in [-0.15, -0.1) is 0 Å². The van der Waals surface area contributed by atoms with E-state index in [2.05, 4.69) is 5.32 Å². The van der Waals surface area contributed by atoms with Gasteiger partial charge in [-0.1, -0.05) is 12.1 Å². The predicted molar refractivity (Wildman–Crippen MR) is 101 cm³/mol. The Balaban J connectivity index is 1.57. The number of carbonyl (C=O) groups is 1. The van der Waals surface area contributed by atoms with Crippen LogP contribution in [0.2, 0.25) is 0 Å². The number of carbonyl (C=O) groups excluding carboxylic acids is 1. The standard InChI is InChI=1S/C21H23F3N2O3/c1-13(15-4-6-18(23)20(8-15)28-2)25-9-16-11-26(21(27)12-29-16)10-14-3-5-17(22)19(24)7-14/h3-8,13,16,25H,9-12H2,1-2H3/t13-,16?/m1/s1. The molecule has 1 aliphatic heterocycles. The minimum Gasteiger partial charge on any atom is -0.494 e. The number of amides is 1. The number of ether oxygens (including phenoxy) is 2. The molecule has 8 heteroatoms. The van der Waals surface area contributed by atoms with Crippen LogP contribution in [0.15, 0.2) is 36.4 Å². The number of benzene rings is 2. The number of morpholine rings is 1. The maximum absolute atomic E-state index is 13.6. The number of hydrogen-bond acceptors (Lipinski definition) is 4. The molecular weight excluding hydrogens is 385 g/mol. The third-order valence-electron chi connectivity index (χ3n) is 4.90. The summed E-state index contributed by atoms with van der Waals surface area (Å²) in [5.74, 6) is -2.32. The van der Waals surface area contributed by atoms with Crippen molar-refractivity contribution in [3.05, 3.63) is 65.0 Å². The Labute approximate surface area is 167 Å². The molecule has 0 spiro atoms. The summed E-state index contributed by atoms with van der Waals surface area (Å²) < 4.78 is 50.7. The zero-order valence-corrected chi connectivity index (χ0v) is 16.3. The van der Waals surface area contributed by atoms with Crippen LogP contribution < -0.4 is 10.1 Å². The van der Waals surface area contributed by atoms with E-state index in [0.717, 1.165) is 17.7 Å². The van der Waals surface area contributed by atoms with Gasteiger partial charge >= 0.3 is 0 Å². The number of rotatable bonds is 7. The molecule has 2 aromatic carbocycles. The zero-order chi connectivity index (χ0) is 21.0. The van der Waals surface area contributed by atoms with Crippen LogP contribution >= 0.6 is 0 Å². The van der Waals surface area contributed by atoms with Crippen molar-refractivity contribution < 1.29 is 27.4 Å². The quantitative estimate of drug-likeness (QED) is 0.765. The van der Waals surface area contributed by atoms with Crippen LogP contribution in [0.25, 0.3) is 0 Å². The summed E-state index contributed by atoms with van der Waals surface area (Å²) in [4.78, 5) is 13.7. The predicted octanol–water partition coefficient (Wildman–Crippen LogP) is 3.19. The SMILES string of the molecule is COc1cc([C@@H](C)NCC2CN(Cc3ccc(F)c(F)c3)C(=O)CO2)ccc1F. The Kier molecular flexibility index (Phi) is 6.76. The summed E-state index contributed by atoms with van der Waals surface area (Å²) in [6.07, 6.45) is -0.261. The van der Waals surface area contributed by atoms with E-state index in [1.165, 1.54) is 19.2 Å². The number of methoxy groups -OCH3 is 1. The lowest BCUT2D eigenvalue weighted by atomic mass is 10.1. The molecule has 1 saturated heterocycles. The van der Waals surface area contributed by atoms with E-state index in [4.69, 9.17) is 9.47 Å². The van der Waals surface area contributed by atoms with Gasteiger partial charge in [-0.3, -0.25) is 4.79 Å². The number of halogens is 3. The number of hydrogen-bond donors (Lipinski definition) is 1.